The first-order valence-corrected chi connectivity index (χ1v) is 41.9. The van der Waals surface area contributed by atoms with Gasteiger partial charge in [-0.05, 0) is 188 Å². The lowest BCUT2D eigenvalue weighted by atomic mass is 9.96. The predicted octanol–water partition coefficient (Wildman–Crippen LogP) is 13.3. The Bertz CT molecular complexity index is 5790. The van der Waals surface area contributed by atoms with E-state index in [0.717, 1.165) is 26.5 Å². The van der Waals surface area contributed by atoms with Gasteiger partial charge in [-0.15, -0.1) is 5.10 Å². The highest BCUT2D eigenvalue weighted by Crippen LogP contribution is 2.46. The summed E-state index contributed by atoms with van der Waals surface area (Å²) in [4.78, 5) is 115. The summed E-state index contributed by atoms with van der Waals surface area (Å²) < 4.78 is 109. The number of aromatic nitrogens is 3. The number of ketones is 2. The van der Waals surface area contributed by atoms with Crippen LogP contribution in [0, 0.1) is 23.3 Å². The summed E-state index contributed by atoms with van der Waals surface area (Å²) in [5.41, 5.74) is 10.9. The lowest BCUT2D eigenvalue weighted by molar-refractivity contribution is 0.0412. The van der Waals surface area contributed by atoms with Crippen molar-refractivity contribution in [2.45, 2.75) is 161 Å². The van der Waals surface area contributed by atoms with Crippen LogP contribution < -0.4 is 45.8 Å². The van der Waals surface area contributed by atoms with Crippen molar-refractivity contribution in [2.24, 2.45) is 9.54 Å². The van der Waals surface area contributed by atoms with Gasteiger partial charge >= 0.3 is 0 Å². The number of nitrogens with one attached hydrogen (secondary N) is 3. The summed E-state index contributed by atoms with van der Waals surface area (Å²) in [5.74, 6) is -1.95. The average molecular weight is 1790 g/mol. The van der Waals surface area contributed by atoms with Crippen molar-refractivity contribution in [2.75, 3.05) is 35.1 Å². The molecule has 2 aromatic heterocycles. The number of imide groups is 3. The van der Waals surface area contributed by atoms with Crippen molar-refractivity contribution in [3.63, 3.8) is 0 Å². The second-order valence-electron chi connectivity index (χ2n) is 33.1. The fourth-order valence-corrected chi connectivity index (χ4v) is 15.6. The van der Waals surface area contributed by atoms with Gasteiger partial charge in [0.25, 0.3) is 41.4 Å². The first-order chi connectivity index (χ1) is 56.2. The van der Waals surface area contributed by atoms with Gasteiger partial charge in [0.2, 0.25) is 0 Å². The molecule has 26 nitrogen and oxygen atoms in total. The molecule has 4 bridgehead atoms. The summed E-state index contributed by atoms with van der Waals surface area (Å²) >= 11 is 2.24. The molecule has 0 spiro atoms. The summed E-state index contributed by atoms with van der Waals surface area (Å²) in [7, 11) is -2.70. The van der Waals surface area contributed by atoms with Crippen LogP contribution in [0.15, 0.2) is 138 Å². The largest absolute Gasteiger partial charge is 0.485 e. The van der Waals surface area contributed by atoms with E-state index in [2.05, 4.69) is 53.0 Å². The molecular formula is C87H88F4IN11O15S2. The lowest BCUT2D eigenvalue weighted by Crippen LogP contribution is -2.46. The Morgan fingerprint density at radius 3 is 1.37 bits per heavy atom. The van der Waals surface area contributed by atoms with Crippen LogP contribution in [0.5, 0.6) is 23.0 Å². The van der Waals surface area contributed by atoms with Crippen LogP contribution in [0.2, 0.25) is 0 Å². The van der Waals surface area contributed by atoms with Gasteiger partial charge < -0.3 is 35.3 Å². The summed E-state index contributed by atoms with van der Waals surface area (Å²) in [6.45, 7) is 25.0. The quantitative estimate of drug-likeness (QED) is 0.0224. The third-order valence-electron chi connectivity index (χ3n) is 20.6. The molecule has 9 aromatic rings. The van der Waals surface area contributed by atoms with Gasteiger partial charge in [0.05, 0.1) is 96.4 Å². The van der Waals surface area contributed by atoms with Crippen LogP contribution in [0.3, 0.4) is 0 Å². The van der Waals surface area contributed by atoms with Crippen LogP contribution >= 0.6 is 22.6 Å². The molecule has 7 N–H and O–H groups in total. The molecule has 7 atom stereocenters. The monoisotopic (exact) mass is 1790 g/mol. The Balaban J connectivity index is 0.000000139. The summed E-state index contributed by atoms with van der Waals surface area (Å²) in [6.07, 6.45) is 3.43. The second-order valence-corrected chi connectivity index (χ2v) is 37.6. The number of anilines is 2. The van der Waals surface area contributed by atoms with Crippen LogP contribution in [-0.2, 0) is 47.7 Å². The van der Waals surface area contributed by atoms with E-state index in [9.17, 15) is 69.1 Å². The molecular weight excluding hydrogens is 1710 g/mol. The van der Waals surface area contributed by atoms with E-state index in [4.69, 9.17) is 29.8 Å². The van der Waals surface area contributed by atoms with E-state index in [1.807, 2.05) is 62.3 Å². The van der Waals surface area contributed by atoms with Crippen LogP contribution in [0.25, 0.3) is 5.65 Å². The van der Waals surface area contributed by atoms with Crippen molar-refractivity contribution in [1.82, 2.24) is 35.0 Å². The van der Waals surface area contributed by atoms with Crippen molar-refractivity contribution >= 4 is 120 Å². The molecule has 33 heteroatoms. The third kappa shape index (κ3) is 18.5. The van der Waals surface area contributed by atoms with Gasteiger partial charge in [-0.1, -0.05) is 59.0 Å². The highest BCUT2D eigenvalue weighted by Gasteiger charge is 2.48. The van der Waals surface area contributed by atoms with Gasteiger partial charge in [0.1, 0.15) is 91.0 Å². The van der Waals surface area contributed by atoms with E-state index in [-0.39, 0.29) is 118 Å². The minimum atomic E-state index is -1.51. The Labute approximate surface area is 707 Å². The van der Waals surface area contributed by atoms with E-state index in [1.54, 1.807) is 106 Å². The van der Waals surface area contributed by atoms with E-state index >= 15 is 0 Å². The Kier molecular flexibility index (Phi) is 24.6. The van der Waals surface area contributed by atoms with E-state index < -0.39 is 55.2 Å². The molecule has 628 valence electrons. The van der Waals surface area contributed by atoms with Crippen LogP contribution in [-0.4, -0.2) is 147 Å². The number of amides is 7. The SMILES string of the molecule is CC(=N[S@](=O)C(C)(C)C)c1cc(F)cc2c1OC(C)(CN1C(=O)c3ccccc3C1=O)C2.CC(=O)c1cc(F)cc2c1OC(C)(CI)C2.CC(=O)c1cc(F)cc2c1OC(C)(CN1C(=O)c3ccccc3C1=O)C2.CC(C)(C)[S@](N)=O.C[C@H]1Nc2ccn3nc(N)c(c3n2)C(=O)NC[C@@]2(C)Cc3cc(F)cc1c3O2.O=C1NC(=O)c2ccccc21. The molecule has 10 heterocycles. The van der Waals surface area contributed by atoms with Crippen molar-refractivity contribution in [1.29, 1.82) is 0 Å². The number of fused-ring (bicyclic) bond motifs is 8. The Morgan fingerprint density at radius 2 is 0.950 bits per heavy atom. The molecule has 0 fully saturated rings. The molecule has 0 aliphatic carbocycles. The molecule has 7 aromatic carbocycles. The number of hydrogen-bond acceptors (Lipinski definition) is 19. The standard InChI is InChI=1S/C24H25FN2O4S.C20H16FNO4.C19H19FN6O2.C12H12FIO2.C8H5NO2.C4H11NOS/c1-14(26-32(30)23(2,3)4)19-11-16(25)10-15-12-24(5,31-20(15)19)13-27-21(28)17-8-6-7-9-18(17)22(27)29;1-11(23)16-8-13(21)7-12-9-20(2,26-17(12)16)10-22-18(24)14-5-3-4-6-15(14)19(22)25;1-9-12-6-11(20)5-10-7-19(2,28-15(10)12)8-22-18(27)14-16(21)25-26-4-3-13(23-9)24-17(14)26;1-7(15)10-4-9(13)3-8-5-12(2,6-14)16-11(8)10;10-7-5-3-1-2-4-6(5)8(11)9-7;1-4(2,3)7(5)6/h6-11H,12-13H2,1-5H3;3-8H,9-10H2,1-2H3;3-6,9H,7-8H2,1-2H3,(H2,21,25)(H,22,27)(H,23,24);3-4H,5-6H2,1-2H3;1-4H,(H,9,10,11);5H2,1-3H3/t24?,32-;;9-,19-;;;7-/m1.1..1/s1. The topological polar surface area (TPSA) is 362 Å². The van der Waals surface area contributed by atoms with Gasteiger partial charge in [-0.3, -0.25) is 63.4 Å². The number of nitrogens with zero attached hydrogens (tertiary/aromatic N) is 6. The minimum absolute atomic E-state index is 0.0208. The predicted molar refractivity (Wildman–Crippen MR) is 451 cm³/mol. The summed E-state index contributed by atoms with van der Waals surface area (Å²) in [6, 6.07) is 32.4. The van der Waals surface area contributed by atoms with E-state index in [1.165, 1.54) is 65.7 Å². The van der Waals surface area contributed by atoms with Crippen molar-refractivity contribution < 1.29 is 88.1 Å². The summed E-state index contributed by atoms with van der Waals surface area (Å²) in [5, 5.41) is 17.5. The highest BCUT2D eigenvalue weighted by atomic mass is 127. The smallest absolute Gasteiger partial charge is 0.261 e. The van der Waals surface area contributed by atoms with Gasteiger partial charge in [-0.2, -0.15) is 4.40 Å². The van der Waals surface area contributed by atoms with Crippen LogP contribution in [0.4, 0.5) is 29.2 Å². The highest BCUT2D eigenvalue weighted by molar-refractivity contribution is 14.1. The molecule has 8 aliphatic heterocycles. The van der Waals surface area contributed by atoms with Gasteiger partial charge in [0, 0.05) is 69.7 Å². The van der Waals surface area contributed by atoms with Crippen LogP contribution in [0.1, 0.15) is 230 Å². The fraction of sp³-hybridized carbons (Fsp3) is 0.333. The number of Topliss-reactive ketones (excluding diaryl/α,β-unsaturated/α-hetero) is 2. The molecule has 17 rings (SSSR count). The third-order valence-corrected chi connectivity index (χ3v) is 24.9. The lowest BCUT2D eigenvalue weighted by Gasteiger charge is -2.28. The normalized spacial score (nSPS) is 21.0. The van der Waals surface area contributed by atoms with Gasteiger partial charge in [-0.25, -0.2) is 35.5 Å². The molecule has 120 heavy (non-hydrogen) atoms. The van der Waals surface area contributed by atoms with E-state index in [0.29, 0.717) is 127 Å². The number of alkyl halides is 1. The number of nitrogen functional groups attached to an aromatic ring is 1. The minimum Gasteiger partial charge on any atom is -0.485 e. The van der Waals surface area contributed by atoms with Gasteiger partial charge in [0.15, 0.2) is 23.0 Å². The second kappa shape index (κ2) is 33.6. The van der Waals surface area contributed by atoms with Crippen molar-refractivity contribution in [3.05, 3.63) is 240 Å². The molecule has 0 saturated carbocycles. The molecule has 7 amide bonds. The number of ether oxygens (including phenoxy) is 4. The zero-order valence-electron chi connectivity index (χ0n) is 68.1. The Morgan fingerprint density at radius 1 is 0.558 bits per heavy atom. The maximum Gasteiger partial charge on any atom is 0.261 e. The first-order valence-electron chi connectivity index (χ1n) is 38.0. The maximum atomic E-state index is 14.4. The Hall–Kier alpha value is -11.4. The molecule has 3 unspecified atom stereocenters. The number of carbonyl (C=O) groups is 9. The number of rotatable bonds is 9. The molecule has 8 aliphatic rings. The molecule has 0 saturated heterocycles. The number of nitrogens with two attached hydrogens (primary N) is 2. The molecule has 0 radical (unpaired) electrons. The average Bonchev–Trinajstić information content (AvgIpc) is 1.63. The maximum absolute atomic E-state index is 14.4. The fourth-order valence-electron chi connectivity index (χ4n) is 14.6. The number of halogens is 5. The number of carbonyl (C=O) groups excluding carboxylic acids is 9. The van der Waals surface area contributed by atoms with Crippen molar-refractivity contribution in [3.8, 4) is 23.0 Å². The first kappa shape index (κ1) is 87.9. The zero-order chi connectivity index (χ0) is 87.5. The number of hydrogen-bond donors (Lipinski definition) is 5. The zero-order valence-corrected chi connectivity index (χ0v) is 71.9. The number of benzene rings is 7.